The molecule has 1 N–H and O–H groups in total. The molecule has 1 aliphatic rings. The molecular weight excluding hydrogens is 346 g/mol. The maximum atomic E-state index is 9.44. The number of nitrogens with zero attached hydrogens (tertiary/aromatic N) is 3. The zero-order valence-corrected chi connectivity index (χ0v) is 16.6. The number of oxime groups is 1. The number of piperazine rings is 1. The Bertz CT molecular complexity index is 764. The zero-order chi connectivity index (χ0) is 18.5. The van der Waals surface area contributed by atoms with Crippen LogP contribution in [0.2, 0.25) is 0 Å². The Morgan fingerprint density at radius 2 is 1.92 bits per heavy atom. The molecule has 0 radical (unpaired) electrons. The van der Waals surface area contributed by atoms with Crippen LogP contribution in [0.3, 0.4) is 0 Å². The van der Waals surface area contributed by atoms with Gasteiger partial charge in [-0.3, -0.25) is 4.90 Å². The van der Waals surface area contributed by atoms with Gasteiger partial charge in [0.1, 0.15) is 5.75 Å². The van der Waals surface area contributed by atoms with Gasteiger partial charge in [-0.1, -0.05) is 17.3 Å². The third kappa shape index (κ3) is 4.19. The number of methoxy groups -OCH3 is 1. The number of hydrogen-bond donors (Lipinski definition) is 1. The maximum Gasteiger partial charge on any atom is 0.142 e. The van der Waals surface area contributed by atoms with Crippen molar-refractivity contribution in [3.63, 3.8) is 0 Å². The Labute approximate surface area is 159 Å². The molecular formula is C20H27N3O2S. The Balaban J connectivity index is 1.55. The highest BCUT2D eigenvalue weighted by atomic mass is 32.1. The maximum absolute atomic E-state index is 9.44. The van der Waals surface area contributed by atoms with Gasteiger partial charge in [-0.25, -0.2) is 0 Å². The van der Waals surface area contributed by atoms with Crippen LogP contribution in [0.1, 0.15) is 21.7 Å². The minimum atomic E-state index is 0.766. The van der Waals surface area contributed by atoms with E-state index in [-0.39, 0.29) is 0 Å². The highest BCUT2D eigenvalue weighted by molar-refractivity contribution is 7.12. The van der Waals surface area contributed by atoms with E-state index in [1.54, 1.807) is 18.4 Å². The highest BCUT2D eigenvalue weighted by Crippen LogP contribution is 2.28. The monoisotopic (exact) mass is 373 g/mol. The van der Waals surface area contributed by atoms with Gasteiger partial charge >= 0.3 is 0 Å². The number of ether oxygens (including phenoxy) is 1. The van der Waals surface area contributed by atoms with Crippen LogP contribution in [-0.4, -0.2) is 55.7 Å². The van der Waals surface area contributed by atoms with E-state index in [1.807, 2.05) is 12.1 Å². The van der Waals surface area contributed by atoms with Crippen LogP contribution < -0.4 is 9.64 Å². The largest absolute Gasteiger partial charge is 0.495 e. The minimum absolute atomic E-state index is 0.766. The molecule has 0 saturated carbocycles. The SMILES string of the molecule is COc1ccccc1N1CCN(CC/C(=N\O)c2cc(C)sc2C)CC1. The van der Waals surface area contributed by atoms with Crippen molar-refractivity contribution in [2.45, 2.75) is 20.3 Å². The van der Waals surface area contributed by atoms with Crippen molar-refractivity contribution < 1.29 is 9.94 Å². The normalized spacial score (nSPS) is 16.1. The van der Waals surface area contributed by atoms with E-state index in [4.69, 9.17) is 4.74 Å². The van der Waals surface area contributed by atoms with Crippen molar-refractivity contribution in [2.75, 3.05) is 44.7 Å². The summed E-state index contributed by atoms with van der Waals surface area (Å²) in [5.41, 5.74) is 3.04. The van der Waals surface area contributed by atoms with Crippen molar-refractivity contribution in [2.24, 2.45) is 5.16 Å². The fraction of sp³-hybridized carbons (Fsp3) is 0.450. The molecule has 5 nitrogen and oxygen atoms in total. The average Bonchev–Trinajstić information content (AvgIpc) is 3.01. The fourth-order valence-corrected chi connectivity index (χ4v) is 4.47. The van der Waals surface area contributed by atoms with Crippen LogP contribution in [0, 0.1) is 13.8 Å². The summed E-state index contributed by atoms with van der Waals surface area (Å²) in [5.74, 6) is 0.930. The number of anilines is 1. The molecule has 26 heavy (non-hydrogen) atoms. The number of benzene rings is 1. The van der Waals surface area contributed by atoms with E-state index in [2.05, 4.69) is 47.0 Å². The molecule has 1 fully saturated rings. The first-order valence-electron chi connectivity index (χ1n) is 9.01. The molecule has 2 aromatic rings. The van der Waals surface area contributed by atoms with Crippen molar-refractivity contribution >= 4 is 22.7 Å². The molecule has 3 rings (SSSR count). The van der Waals surface area contributed by atoms with Crippen LogP contribution in [-0.2, 0) is 0 Å². The molecule has 0 amide bonds. The van der Waals surface area contributed by atoms with Crippen LogP contribution in [0.4, 0.5) is 5.69 Å². The van der Waals surface area contributed by atoms with Gasteiger partial charge in [0.05, 0.1) is 18.5 Å². The van der Waals surface area contributed by atoms with Crippen molar-refractivity contribution in [1.29, 1.82) is 0 Å². The second-order valence-electron chi connectivity index (χ2n) is 6.62. The van der Waals surface area contributed by atoms with Crippen molar-refractivity contribution in [3.05, 3.63) is 45.6 Å². The molecule has 2 heterocycles. The lowest BCUT2D eigenvalue weighted by atomic mass is 10.1. The number of rotatable bonds is 6. The summed E-state index contributed by atoms with van der Waals surface area (Å²) >= 11 is 1.75. The lowest BCUT2D eigenvalue weighted by molar-refractivity contribution is 0.262. The Kier molecular flexibility index (Phi) is 6.16. The predicted octanol–water partition coefficient (Wildman–Crippen LogP) is 3.76. The number of para-hydroxylation sites is 2. The van der Waals surface area contributed by atoms with E-state index >= 15 is 0 Å². The minimum Gasteiger partial charge on any atom is -0.495 e. The lowest BCUT2D eigenvalue weighted by Crippen LogP contribution is -2.47. The Hall–Kier alpha value is -2.05. The summed E-state index contributed by atoms with van der Waals surface area (Å²) in [6, 6.07) is 10.3. The smallest absolute Gasteiger partial charge is 0.142 e. The quantitative estimate of drug-likeness (QED) is 0.476. The van der Waals surface area contributed by atoms with Gasteiger partial charge in [0, 0.05) is 54.5 Å². The molecule has 0 atom stereocenters. The Morgan fingerprint density at radius 1 is 1.19 bits per heavy atom. The Morgan fingerprint density at radius 3 is 2.54 bits per heavy atom. The lowest BCUT2D eigenvalue weighted by Gasteiger charge is -2.36. The molecule has 0 aliphatic carbocycles. The summed E-state index contributed by atoms with van der Waals surface area (Å²) in [6.07, 6.45) is 0.766. The second kappa shape index (κ2) is 8.56. The molecule has 1 aliphatic heterocycles. The van der Waals surface area contributed by atoms with Crippen molar-refractivity contribution in [3.8, 4) is 5.75 Å². The van der Waals surface area contributed by atoms with Crippen LogP contribution >= 0.6 is 11.3 Å². The second-order valence-corrected chi connectivity index (χ2v) is 8.08. The predicted molar refractivity (Wildman–Crippen MR) is 108 cm³/mol. The topological polar surface area (TPSA) is 48.3 Å². The van der Waals surface area contributed by atoms with E-state index in [0.717, 1.165) is 61.9 Å². The van der Waals surface area contributed by atoms with Gasteiger partial charge < -0.3 is 14.8 Å². The molecule has 0 spiro atoms. The van der Waals surface area contributed by atoms with Crippen LogP contribution in [0.25, 0.3) is 0 Å². The fourth-order valence-electron chi connectivity index (χ4n) is 3.52. The summed E-state index contributed by atoms with van der Waals surface area (Å²) in [7, 11) is 1.72. The first-order valence-corrected chi connectivity index (χ1v) is 9.82. The van der Waals surface area contributed by atoms with Gasteiger partial charge in [-0.2, -0.15) is 0 Å². The first kappa shape index (κ1) is 18.7. The van der Waals surface area contributed by atoms with Crippen molar-refractivity contribution in [1.82, 2.24) is 4.90 Å². The van der Waals surface area contributed by atoms with Gasteiger partial charge in [0.25, 0.3) is 0 Å². The average molecular weight is 374 g/mol. The standard InChI is InChI=1S/C20H27N3O2S/c1-15-14-17(16(2)26-15)18(21-24)8-9-22-10-12-23(13-11-22)19-6-4-5-7-20(19)25-3/h4-7,14,24H,8-13H2,1-3H3/b21-18+. The molecule has 6 heteroatoms. The number of aryl methyl sites for hydroxylation is 2. The van der Waals surface area contributed by atoms with E-state index in [0.29, 0.717) is 0 Å². The molecule has 140 valence electrons. The first-order chi connectivity index (χ1) is 12.6. The summed E-state index contributed by atoms with van der Waals surface area (Å²) in [6.45, 7) is 9.03. The molecule has 1 aromatic heterocycles. The molecule has 1 aromatic carbocycles. The van der Waals surface area contributed by atoms with E-state index in [1.165, 1.54) is 9.75 Å². The third-order valence-corrected chi connectivity index (χ3v) is 5.90. The molecule has 1 saturated heterocycles. The van der Waals surface area contributed by atoms with Gasteiger partial charge in [0.15, 0.2) is 0 Å². The van der Waals surface area contributed by atoms with Gasteiger partial charge in [-0.15, -0.1) is 11.3 Å². The number of hydrogen-bond acceptors (Lipinski definition) is 6. The molecule has 0 unspecified atom stereocenters. The zero-order valence-electron chi connectivity index (χ0n) is 15.7. The van der Waals surface area contributed by atoms with Gasteiger partial charge in [0.2, 0.25) is 0 Å². The van der Waals surface area contributed by atoms with E-state index in [9.17, 15) is 5.21 Å². The molecule has 0 bridgehead atoms. The summed E-state index contributed by atoms with van der Waals surface area (Å²) < 4.78 is 5.48. The summed E-state index contributed by atoms with van der Waals surface area (Å²) in [4.78, 5) is 7.29. The van der Waals surface area contributed by atoms with Crippen LogP contribution in [0.5, 0.6) is 5.75 Å². The number of thiophene rings is 1. The third-order valence-electron chi connectivity index (χ3n) is 4.94. The highest BCUT2D eigenvalue weighted by Gasteiger charge is 2.20. The van der Waals surface area contributed by atoms with Gasteiger partial charge in [-0.05, 0) is 32.0 Å². The van der Waals surface area contributed by atoms with Crippen LogP contribution in [0.15, 0.2) is 35.5 Å². The van der Waals surface area contributed by atoms with E-state index < -0.39 is 0 Å². The summed E-state index contributed by atoms with van der Waals surface area (Å²) in [5, 5.41) is 13.0.